The van der Waals surface area contributed by atoms with Crippen molar-refractivity contribution in [1.82, 2.24) is 15.3 Å². The van der Waals surface area contributed by atoms with Crippen LogP contribution >= 0.6 is 0 Å². The topological polar surface area (TPSA) is 57.6 Å². The fraction of sp³-hybridized carbons (Fsp3) is 0.182. The molecule has 0 atom stereocenters. The van der Waals surface area contributed by atoms with Gasteiger partial charge in [0, 0.05) is 24.2 Å². The normalized spacial score (nSPS) is 16.2. The predicted molar refractivity (Wildman–Crippen MR) is 60.8 cm³/mol. The van der Waals surface area contributed by atoms with E-state index in [0.717, 1.165) is 11.1 Å². The molecule has 0 aliphatic carbocycles. The summed E-state index contributed by atoms with van der Waals surface area (Å²) in [4.78, 5) is 15.4. The maximum atomic E-state index is 11.4. The van der Waals surface area contributed by atoms with Crippen molar-refractivity contribution in [1.29, 1.82) is 0 Å². The fourth-order valence-electron chi connectivity index (χ4n) is 1.30. The molecule has 0 unspecified atom stereocenters. The molecule has 0 saturated heterocycles. The van der Waals surface area contributed by atoms with Crippen molar-refractivity contribution >= 4 is 12.2 Å². The Hall–Kier alpha value is -2.17. The van der Waals surface area contributed by atoms with Crippen LogP contribution in [0.4, 0.5) is 4.79 Å². The molecule has 2 rings (SSSR count). The lowest BCUT2D eigenvalue weighted by molar-refractivity contribution is 0.205. The molecule has 0 fully saturated rings. The van der Waals surface area contributed by atoms with Gasteiger partial charge >= 0.3 is 6.03 Å². The van der Waals surface area contributed by atoms with Crippen molar-refractivity contribution in [2.45, 2.75) is 6.92 Å². The zero-order valence-electron chi connectivity index (χ0n) is 8.92. The minimum absolute atomic E-state index is 0.217. The number of nitrogens with one attached hydrogen (secondary N) is 1. The molecular formula is C11H12N4O. The summed E-state index contributed by atoms with van der Waals surface area (Å²) in [5.41, 5.74) is 1.92. The number of rotatable bonds is 2. The molecule has 16 heavy (non-hydrogen) atoms. The molecule has 0 saturated carbocycles. The van der Waals surface area contributed by atoms with Gasteiger partial charge in [0.2, 0.25) is 0 Å². The van der Waals surface area contributed by atoms with Gasteiger partial charge < -0.3 is 5.32 Å². The maximum absolute atomic E-state index is 11.4. The Bertz CT molecular complexity index is 439. The van der Waals surface area contributed by atoms with Gasteiger partial charge in [-0.3, -0.25) is 4.98 Å². The Kier molecular flexibility index (Phi) is 2.95. The first-order valence-electron chi connectivity index (χ1n) is 4.93. The minimum atomic E-state index is -0.217. The summed E-state index contributed by atoms with van der Waals surface area (Å²) < 4.78 is 0. The van der Waals surface area contributed by atoms with Crippen molar-refractivity contribution in [3.8, 4) is 0 Å². The van der Waals surface area contributed by atoms with Gasteiger partial charge in [0.1, 0.15) is 0 Å². The minimum Gasteiger partial charge on any atom is -0.313 e. The second-order valence-corrected chi connectivity index (χ2v) is 3.53. The molecule has 0 radical (unpaired) electrons. The summed E-state index contributed by atoms with van der Waals surface area (Å²) in [7, 11) is 0. The number of pyridine rings is 1. The van der Waals surface area contributed by atoms with Crippen LogP contribution < -0.4 is 5.32 Å². The molecule has 82 valence electrons. The van der Waals surface area contributed by atoms with E-state index in [1.54, 1.807) is 24.8 Å². The van der Waals surface area contributed by atoms with Gasteiger partial charge in [-0.2, -0.15) is 5.10 Å². The first kappa shape index (κ1) is 10.4. The molecule has 1 aliphatic heterocycles. The Balaban J connectivity index is 2.07. The van der Waals surface area contributed by atoms with Crippen LogP contribution in [0.5, 0.6) is 0 Å². The van der Waals surface area contributed by atoms with Gasteiger partial charge in [0.15, 0.2) is 0 Å². The van der Waals surface area contributed by atoms with Gasteiger partial charge in [-0.1, -0.05) is 6.07 Å². The molecule has 0 spiro atoms. The predicted octanol–water partition coefficient (Wildman–Crippen LogP) is 1.34. The third-order valence-electron chi connectivity index (χ3n) is 2.11. The van der Waals surface area contributed by atoms with E-state index in [2.05, 4.69) is 15.4 Å². The number of amides is 2. The number of urea groups is 1. The highest BCUT2D eigenvalue weighted by Crippen LogP contribution is 2.04. The summed E-state index contributed by atoms with van der Waals surface area (Å²) in [6.45, 7) is 2.45. The number of nitrogens with zero attached hydrogens (tertiary/aromatic N) is 3. The van der Waals surface area contributed by atoms with Crippen LogP contribution in [0.3, 0.4) is 0 Å². The number of hydrogen-bond donors (Lipinski definition) is 1. The summed E-state index contributed by atoms with van der Waals surface area (Å²) in [6.07, 6.45) is 6.69. The third-order valence-corrected chi connectivity index (χ3v) is 2.11. The summed E-state index contributed by atoms with van der Waals surface area (Å²) >= 11 is 0. The van der Waals surface area contributed by atoms with Crippen molar-refractivity contribution < 1.29 is 4.79 Å². The van der Waals surface area contributed by atoms with Crippen LogP contribution in [-0.2, 0) is 0 Å². The van der Waals surface area contributed by atoms with Gasteiger partial charge in [0.25, 0.3) is 0 Å². The van der Waals surface area contributed by atoms with Gasteiger partial charge in [0.05, 0.1) is 12.8 Å². The SMILES string of the molecule is CC1=CNC(=O)N(/N=C/c2cccnc2)C1. The van der Waals surface area contributed by atoms with Crippen LogP contribution in [0.25, 0.3) is 0 Å². The highest BCUT2D eigenvalue weighted by molar-refractivity contribution is 5.82. The van der Waals surface area contributed by atoms with E-state index >= 15 is 0 Å². The van der Waals surface area contributed by atoms with E-state index in [-0.39, 0.29) is 6.03 Å². The lowest BCUT2D eigenvalue weighted by Gasteiger charge is -2.21. The van der Waals surface area contributed by atoms with Crippen LogP contribution in [0.15, 0.2) is 41.4 Å². The van der Waals surface area contributed by atoms with Gasteiger partial charge in [-0.15, -0.1) is 0 Å². The van der Waals surface area contributed by atoms with Crippen LogP contribution in [0.1, 0.15) is 12.5 Å². The van der Waals surface area contributed by atoms with Crippen molar-refractivity contribution in [3.63, 3.8) is 0 Å². The number of carbonyl (C=O) groups is 1. The lowest BCUT2D eigenvalue weighted by atomic mass is 10.3. The Morgan fingerprint density at radius 3 is 3.25 bits per heavy atom. The van der Waals surface area contributed by atoms with Crippen LogP contribution in [0, 0.1) is 0 Å². The molecule has 1 aromatic heterocycles. The maximum Gasteiger partial charge on any atom is 0.342 e. The molecule has 2 heterocycles. The van der Waals surface area contributed by atoms with E-state index in [0.29, 0.717) is 6.54 Å². The average molecular weight is 216 g/mol. The van der Waals surface area contributed by atoms with Crippen molar-refractivity contribution in [3.05, 3.63) is 41.9 Å². The standard InChI is InChI=1S/C11H12N4O/c1-9-5-13-11(16)15(8-9)14-7-10-3-2-4-12-6-10/h2-7H,8H2,1H3,(H,13,16)/b14-7+. The number of hydrogen-bond acceptors (Lipinski definition) is 3. The first-order valence-corrected chi connectivity index (χ1v) is 4.93. The molecular weight excluding hydrogens is 204 g/mol. The molecule has 1 aliphatic rings. The highest BCUT2D eigenvalue weighted by atomic mass is 16.2. The quantitative estimate of drug-likeness (QED) is 0.758. The Morgan fingerprint density at radius 2 is 2.50 bits per heavy atom. The van der Waals surface area contributed by atoms with Crippen LogP contribution in [0.2, 0.25) is 0 Å². The largest absolute Gasteiger partial charge is 0.342 e. The second-order valence-electron chi connectivity index (χ2n) is 3.53. The molecule has 1 aromatic rings. The fourth-order valence-corrected chi connectivity index (χ4v) is 1.30. The number of carbonyl (C=O) groups excluding carboxylic acids is 1. The third kappa shape index (κ3) is 2.44. The monoisotopic (exact) mass is 216 g/mol. The molecule has 2 amide bonds. The number of aromatic nitrogens is 1. The van der Waals surface area contributed by atoms with E-state index in [1.165, 1.54) is 5.01 Å². The van der Waals surface area contributed by atoms with E-state index in [9.17, 15) is 4.79 Å². The zero-order valence-corrected chi connectivity index (χ0v) is 8.92. The second kappa shape index (κ2) is 4.57. The van der Waals surface area contributed by atoms with E-state index < -0.39 is 0 Å². The summed E-state index contributed by atoms with van der Waals surface area (Å²) in [6, 6.07) is 3.48. The molecule has 5 nitrogen and oxygen atoms in total. The Labute approximate surface area is 93.5 Å². The molecule has 1 N–H and O–H groups in total. The van der Waals surface area contributed by atoms with Gasteiger partial charge in [-0.05, 0) is 18.6 Å². The van der Waals surface area contributed by atoms with E-state index in [4.69, 9.17) is 0 Å². The number of hydrazone groups is 1. The average Bonchev–Trinajstić information content (AvgIpc) is 2.32. The highest BCUT2D eigenvalue weighted by Gasteiger charge is 2.15. The molecule has 5 heteroatoms. The smallest absolute Gasteiger partial charge is 0.313 e. The summed E-state index contributed by atoms with van der Waals surface area (Å²) in [5.74, 6) is 0. The van der Waals surface area contributed by atoms with Crippen molar-refractivity contribution in [2.75, 3.05) is 6.54 Å². The first-order chi connectivity index (χ1) is 7.75. The zero-order chi connectivity index (χ0) is 11.4. The molecule has 0 bridgehead atoms. The van der Waals surface area contributed by atoms with E-state index in [1.807, 2.05) is 19.1 Å². The summed E-state index contributed by atoms with van der Waals surface area (Å²) in [5, 5.41) is 8.09. The Morgan fingerprint density at radius 1 is 1.62 bits per heavy atom. The molecule has 0 aromatic carbocycles. The lowest BCUT2D eigenvalue weighted by Crippen LogP contribution is -2.39. The van der Waals surface area contributed by atoms with Gasteiger partial charge in [-0.25, -0.2) is 9.80 Å². The van der Waals surface area contributed by atoms with Crippen LogP contribution in [-0.4, -0.2) is 28.8 Å². The van der Waals surface area contributed by atoms with Crippen molar-refractivity contribution in [2.24, 2.45) is 5.10 Å².